The summed E-state index contributed by atoms with van der Waals surface area (Å²) in [6.07, 6.45) is -0.366. The molecule has 1 atom stereocenters. The number of anilines is 1. The number of hydrogen-bond donors (Lipinski definition) is 0. The Labute approximate surface area is 151 Å². The Balaban J connectivity index is 1.87. The summed E-state index contributed by atoms with van der Waals surface area (Å²) in [4.78, 5) is 42.3. The molecule has 6 nitrogen and oxygen atoms in total. The van der Waals surface area contributed by atoms with Crippen molar-refractivity contribution in [1.82, 2.24) is 4.90 Å². The van der Waals surface area contributed by atoms with Gasteiger partial charge < -0.3 is 9.64 Å². The fourth-order valence-electron chi connectivity index (χ4n) is 3.64. The maximum atomic E-state index is 13.2. The minimum Gasteiger partial charge on any atom is -0.385 e. The van der Waals surface area contributed by atoms with Crippen molar-refractivity contribution < 1.29 is 19.1 Å². The fraction of sp³-hybridized carbons (Fsp3) is 0.250. The van der Waals surface area contributed by atoms with Crippen LogP contribution in [0.5, 0.6) is 0 Å². The minimum absolute atomic E-state index is 0.236. The highest BCUT2D eigenvalue weighted by molar-refractivity contribution is 6.25. The standard InChI is InChI=1S/C20H18N2O4/c1-26-12-6-11-21-18-17(23)13-7-2-3-8-14(13)20(25)22(18)16-10-5-4-9-15(16)19(21)24/h2-5,7-10,18H,6,11-12H2,1H3. The van der Waals surface area contributed by atoms with Gasteiger partial charge in [0.05, 0.1) is 16.8 Å². The molecule has 0 bridgehead atoms. The molecule has 2 aliphatic heterocycles. The number of methoxy groups -OCH3 is 1. The Kier molecular flexibility index (Phi) is 4.05. The monoisotopic (exact) mass is 350 g/mol. The van der Waals surface area contributed by atoms with Gasteiger partial charge in [0, 0.05) is 25.8 Å². The molecule has 2 aromatic rings. The number of rotatable bonds is 4. The molecule has 2 amide bonds. The number of fused-ring (bicyclic) bond motifs is 4. The highest BCUT2D eigenvalue weighted by Crippen LogP contribution is 2.37. The van der Waals surface area contributed by atoms with Gasteiger partial charge in [-0.1, -0.05) is 30.3 Å². The van der Waals surface area contributed by atoms with E-state index in [0.29, 0.717) is 42.0 Å². The van der Waals surface area contributed by atoms with Crippen LogP contribution < -0.4 is 4.90 Å². The second kappa shape index (κ2) is 6.38. The Morgan fingerprint density at radius 3 is 2.27 bits per heavy atom. The zero-order chi connectivity index (χ0) is 18.3. The Morgan fingerprint density at radius 2 is 1.54 bits per heavy atom. The van der Waals surface area contributed by atoms with Crippen LogP contribution in [0, 0.1) is 0 Å². The van der Waals surface area contributed by atoms with Crippen molar-refractivity contribution in [3.8, 4) is 0 Å². The van der Waals surface area contributed by atoms with Gasteiger partial charge in [-0.3, -0.25) is 19.3 Å². The van der Waals surface area contributed by atoms with Crippen molar-refractivity contribution >= 4 is 23.3 Å². The van der Waals surface area contributed by atoms with Gasteiger partial charge >= 0.3 is 0 Å². The smallest absolute Gasteiger partial charge is 0.261 e. The van der Waals surface area contributed by atoms with Crippen LogP contribution in [0.15, 0.2) is 48.5 Å². The highest BCUT2D eigenvalue weighted by Gasteiger charge is 2.48. The first-order chi connectivity index (χ1) is 12.6. The van der Waals surface area contributed by atoms with Gasteiger partial charge in [0.25, 0.3) is 11.8 Å². The maximum absolute atomic E-state index is 13.2. The zero-order valence-corrected chi connectivity index (χ0v) is 14.3. The first-order valence-electron chi connectivity index (χ1n) is 8.51. The molecule has 2 aromatic carbocycles. The summed E-state index contributed by atoms with van der Waals surface area (Å²) in [6, 6.07) is 13.7. The number of para-hydroxylation sites is 1. The van der Waals surface area contributed by atoms with E-state index in [2.05, 4.69) is 0 Å². The molecule has 0 aliphatic carbocycles. The normalized spacial score (nSPS) is 18.5. The molecule has 4 rings (SSSR count). The lowest BCUT2D eigenvalue weighted by atomic mass is 9.91. The number of nitrogens with zero attached hydrogens (tertiary/aromatic N) is 2. The molecular weight excluding hydrogens is 332 g/mol. The number of hydrogen-bond acceptors (Lipinski definition) is 4. The molecule has 2 aliphatic rings. The van der Waals surface area contributed by atoms with E-state index >= 15 is 0 Å². The van der Waals surface area contributed by atoms with E-state index in [-0.39, 0.29) is 17.6 Å². The predicted octanol–water partition coefficient (Wildman–Crippen LogP) is 2.35. The van der Waals surface area contributed by atoms with Crippen molar-refractivity contribution in [3.05, 3.63) is 65.2 Å². The third kappa shape index (κ3) is 2.34. The van der Waals surface area contributed by atoms with Crippen molar-refractivity contribution in [2.24, 2.45) is 0 Å². The van der Waals surface area contributed by atoms with Crippen molar-refractivity contribution in [1.29, 1.82) is 0 Å². The number of amides is 2. The number of benzene rings is 2. The molecule has 0 aromatic heterocycles. The number of ether oxygens (including phenoxy) is 1. The van der Waals surface area contributed by atoms with E-state index in [1.807, 2.05) is 0 Å². The summed E-state index contributed by atoms with van der Waals surface area (Å²) in [5.41, 5.74) is 1.65. The molecular formula is C20H18N2O4. The molecule has 26 heavy (non-hydrogen) atoms. The number of ketones is 1. The summed E-state index contributed by atoms with van der Waals surface area (Å²) < 4.78 is 5.07. The number of carbonyl (C=O) groups excluding carboxylic acids is 3. The number of Topliss-reactive ketones (excluding diaryl/α,β-unsaturated/α-hetero) is 1. The lowest BCUT2D eigenvalue weighted by Crippen LogP contribution is -2.63. The quantitative estimate of drug-likeness (QED) is 0.794. The van der Waals surface area contributed by atoms with E-state index in [4.69, 9.17) is 4.74 Å². The van der Waals surface area contributed by atoms with Gasteiger partial charge in [-0.2, -0.15) is 0 Å². The molecule has 1 unspecified atom stereocenters. The molecule has 0 saturated heterocycles. The Bertz CT molecular complexity index is 908. The second-order valence-electron chi connectivity index (χ2n) is 6.32. The van der Waals surface area contributed by atoms with Gasteiger partial charge in [0.1, 0.15) is 0 Å². The number of carbonyl (C=O) groups is 3. The fourth-order valence-corrected chi connectivity index (χ4v) is 3.64. The molecule has 0 saturated carbocycles. The minimum atomic E-state index is -0.948. The summed E-state index contributed by atoms with van der Waals surface area (Å²) in [5, 5.41) is 0. The van der Waals surface area contributed by atoms with Crippen LogP contribution in [-0.4, -0.2) is 48.9 Å². The topological polar surface area (TPSA) is 66.9 Å². The van der Waals surface area contributed by atoms with E-state index < -0.39 is 6.17 Å². The van der Waals surface area contributed by atoms with Crippen LogP contribution >= 0.6 is 0 Å². The highest BCUT2D eigenvalue weighted by atomic mass is 16.5. The lowest BCUT2D eigenvalue weighted by molar-refractivity contribution is 0.0536. The summed E-state index contributed by atoms with van der Waals surface area (Å²) in [7, 11) is 1.59. The average Bonchev–Trinajstić information content (AvgIpc) is 2.68. The van der Waals surface area contributed by atoms with Gasteiger partial charge in [-0.15, -0.1) is 0 Å². The Morgan fingerprint density at radius 1 is 0.885 bits per heavy atom. The second-order valence-corrected chi connectivity index (χ2v) is 6.32. The van der Waals surface area contributed by atoms with Gasteiger partial charge in [-0.25, -0.2) is 0 Å². The van der Waals surface area contributed by atoms with Gasteiger partial charge in [0.15, 0.2) is 6.17 Å². The first-order valence-corrected chi connectivity index (χ1v) is 8.51. The maximum Gasteiger partial charge on any atom is 0.261 e. The molecule has 0 N–H and O–H groups in total. The molecule has 0 fully saturated rings. The first kappa shape index (κ1) is 16.5. The molecule has 132 valence electrons. The van der Waals surface area contributed by atoms with Crippen molar-refractivity contribution in [2.75, 3.05) is 25.2 Å². The zero-order valence-electron chi connectivity index (χ0n) is 14.3. The van der Waals surface area contributed by atoms with Crippen molar-refractivity contribution in [2.45, 2.75) is 12.6 Å². The third-order valence-corrected chi connectivity index (χ3v) is 4.82. The average molecular weight is 350 g/mol. The molecule has 2 heterocycles. The lowest BCUT2D eigenvalue weighted by Gasteiger charge is -2.45. The SMILES string of the molecule is COCCCN1C(=O)c2ccccc2N2C(=O)c3ccccc3C(=O)C12. The molecule has 0 radical (unpaired) electrons. The van der Waals surface area contributed by atoms with Crippen LogP contribution in [0.25, 0.3) is 0 Å². The van der Waals surface area contributed by atoms with Gasteiger partial charge in [0.2, 0.25) is 5.78 Å². The van der Waals surface area contributed by atoms with Crippen LogP contribution in [0.3, 0.4) is 0 Å². The van der Waals surface area contributed by atoms with E-state index in [9.17, 15) is 14.4 Å². The third-order valence-electron chi connectivity index (χ3n) is 4.82. The summed E-state index contributed by atoms with van der Waals surface area (Å²) >= 11 is 0. The Hall–Kier alpha value is -2.99. The molecule has 6 heteroatoms. The molecule has 0 spiro atoms. The van der Waals surface area contributed by atoms with Gasteiger partial charge in [-0.05, 0) is 24.6 Å². The van der Waals surface area contributed by atoms with E-state index in [0.717, 1.165) is 0 Å². The van der Waals surface area contributed by atoms with E-state index in [1.54, 1.807) is 55.6 Å². The van der Waals surface area contributed by atoms with Crippen LogP contribution in [0.2, 0.25) is 0 Å². The van der Waals surface area contributed by atoms with Crippen LogP contribution in [0.1, 0.15) is 37.5 Å². The van der Waals surface area contributed by atoms with E-state index in [1.165, 1.54) is 9.80 Å². The van der Waals surface area contributed by atoms with Crippen molar-refractivity contribution in [3.63, 3.8) is 0 Å². The van der Waals surface area contributed by atoms with Crippen LogP contribution in [-0.2, 0) is 4.74 Å². The summed E-state index contributed by atoms with van der Waals surface area (Å²) in [5.74, 6) is -0.735. The predicted molar refractivity (Wildman–Crippen MR) is 95.3 cm³/mol. The summed E-state index contributed by atoms with van der Waals surface area (Å²) in [6.45, 7) is 0.806. The largest absolute Gasteiger partial charge is 0.385 e. The van der Waals surface area contributed by atoms with Crippen LogP contribution in [0.4, 0.5) is 5.69 Å².